The maximum atomic E-state index is 12.4. The van der Waals surface area contributed by atoms with E-state index in [2.05, 4.69) is 26.1 Å². The standard InChI is InChI=1S/C16H30N2O/c1-4-16(5-2,6-3)10-18-15(19)13-11-7-8-12(9-11)14(13)17/h11-14H,4-10,17H2,1-3H3,(H,18,19). The van der Waals surface area contributed by atoms with Gasteiger partial charge in [-0.05, 0) is 55.8 Å². The van der Waals surface area contributed by atoms with Crippen molar-refractivity contribution in [2.24, 2.45) is 28.9 Å². The van der Waals surface area contributed by atoms with Gasteiger partial charge in [-0.1, -0.05) is 20.8 Å². The Kier molecular flexibility index (Phi) is 4.54. The van der Waals surface area contributed by atoms with Crippen molar-refractivity contribution in [2.45, 2.75) is 65.3 Å². The van der Waals surface area contributed by atoms with Gasteiger partial charge in [0.1, 0.15) is 0 Å². The highest BCUT2D eigenvalue weighted by Gasteiger charge is 2.49. The number of amides is 1. The largest absolute Gasteiger partial charge is 0.355 e. The Labute approximate surface area is 117 Å². The van der Waals surface area contributed by atoms with E-state index in [1.165, 1.54) is 19.3 Å². The van der Waals surface area contributed by atoms with Crippen molar-refractivity contribution in [3.63, 3.8) is 0 Å². The molecule has 2 rings (SSSR count). The molecule has 0 saturated heterocycles. The Morgan fingerprint density at radius 3 is 2.21 bits per heavy atom. The van der Waals surface area contributed by atoms with Crippen molar-refractivity contribution in [3.8, 4) is 0 Å². The summed E-state index contributed by atoms with van der Waals surface area (Å²) in [6, 6.07) is 0.109. The van der Waals surface area contributed by atoms with Crippen LogP contribution in [0.5, 0.6) is 0 Å². The molecule has 0 aromatic carbocycles. The fourth-order valence-corrected chi connectivity index (χ4v) is 4.24. The van der Waals surface area contributed by atoms with E-state index in [4.69, 9.17) is 5.73 Å². The van der Waals surface area contributed by atoms with E-state index >= 15 is 0 Å². The average Bonchev–Trinajstić information content (AvgIpc) is 3.01. The van der Waals surface area contributed by atoms with E-state index in [0.717, 1.165) is 25.8 Å². The van der Waals surface area contributed by atoms with Gasteiger partial charge in [0.25, 0.3) is 0 Å². The van der Waals surface area contributed by atoms with Gasteiger partial charge in [0.05, 0.1) is 5.92 Å². The fraction of sp³-hybridized carbons (Fsp3) is 0.938. The van der Waals surface area contributed by atoms with E-state index in [9.17, 15) is 4.79 Å². The van der Waals surface area contributed by atoms with Gasteiger partial charge < -0.3 is 11.1 Å². The molecule has 2 bridgehead atoms. The van der Waals surface area contributed by atoms with E-state index in [1.54, 1.807) is 0 Å². The number of carbonyl (C=O) groups is 1. The summed E-state index contributed by atoms with van der Waals surface area (Å²) in [6.45, 7) is 7.49. The maximum absolute atomic E-state index is 12.4. The first-order valence-corrected chi connectivity index (χ1v) is 8.10. The number of hydrogen-bond donors (Lipinski definition) is 2. The minimum absolute atomic E-state index is 0.0852. The third-order valence-corrected chi connectivity index (χ3v) is 6.17. The zero-order valence-corrected chi connectivity index (χ0v) is 12.7. The molecule has 2 aliphatic rings. The molecule has 0 aliphatic heterocycles. The van der Waals surface area contributed by atoms with Crippen molar-refractivity contribution in [2.75, 3.05) is 6.54 Å². The average molecular weight is 266 g/mol. The molecule has 2 fully saturated rings. The second-order valence-corrected chi connectivity index (χ2v) is 6.71. The van der Waals surface area contributed by atoms with Crippen LogP contribution in [0.15, 0.2) is 0 Å². The van der Waals surface area contributed by atoms with Gasteiger partial charge in [0, 0.05) is 12.6 Å². The SMILES string of the molecule is CCC(CC)(CC)CNC(=O)C1C2CCC(C2)C1N. The molecule has 0 heterocycles. The molecule has 0 aromatic heterocycles. The number of nitrogens with one attached hydrogen (secondary N) is 1. The van der Waals surface area contributed by atoms with Gasteiger partial charge in [0.2, 0.25) is 5.91 Å². The molecular weight excluding hydrogens is 236 g/mol. The van der Waals surface area contributed by atoms with Gasteiger partial charge in [-0.3, -0.25) is 4.79 Å². The molecule has 3 N–H and O–H groups in total. The summed E-state index contributed by atoms with van der Waals surface area (Å²) < 4.78 is 0. The maximum Gasteiger partial charge on any atom is 0.224 e. The van der Waals surface area contributed by atoms with Crippen LogP contribution in [0.25, 0.3) is 0 Å². The van der Waals surface area contributed by atoms with Crippen molar-refractivity contribution in [1.82, 2.24) is 5.32 Å². The summed E-state index contributed by atoms with van der Waals surface area (Å²) >= 11 is 0. The molecule has 0 aromatic rings. The summed E-state index contributed by atoms with van der Waals surface area (Å²) in [4.78, 5) is 12.4. The van der Waals surface area contributed by atoms with E-state index in [-0.39, 0.29) is 23.3 Å². The summed E-state index contributed by atoms with van der Waals surface area (Å²) in [7, 11) is 0. The van der Waals surface area contributed by atoms with E-state index in [0.29, 0.717) is 11.8 Å². The van der Waals surface area contributed by atoms with Crippen LogP contribution in [0.1, 0.15) is 59.3 Å². The van der Waals surface area contributed by atoms with Gasteiger partial charge in [0.15, 0.2) is 0 Å². The lowest BCUT2D eigenvalue weighted by molar-refractivity contribution is -0.127. The molecule has 3 heteroatoms. The number of fused-ring (bicyclic) bond motifs is 2. The third-order valence-electron chi connectivity index (χ3n) is 6.17. The Bertz CT molecular complexity index is 314. The highest BCUT2D eigenvalue weighted by atomic mass is 16.1. The van der Waals surface area contributed by atoms with E-state index in [1.807, 2.05) is 0 Å². The van der Waals surface area contributed by atoms with Crippen molar-refractivity contribution in [3.05, 3.63) is 0 Å². The Hall–Kier alpha value is -0.570. The van der Waals surface area contributed by atoms with Gasteiger partial charge in [-0.2, -0.15) is 0 Å². The van der Waals surface area contributed by atoms with Crippen LogP contribution in [0.3, 0.4) is 0 Å². The monoisotopic (exact) mass is 266 g/mol. The number of hydrogen-bond acceptors (Lipinski definition) is 2. The zero-order valence-electron chi connectivity index (χ0n) is 12.7. The highest BCUT2D eigenvalue weighted by molar-refractivity contribution is 5.80. The van der Waals surface area contributed by atoms with Crippen LogP contribution in [0, 0.1) is 23.2 Å². The summed E-state index contributed by atoms with van der Waals surface area (Å²) in [5.74, 6) is 1.47. The molecule has 2 saturated carbocycles. The van der Waals surface area contributed by atoms with Crippen LogP contribution in [0.4, 0.5) is 0 Å². The van der Waals surface area contributed by atoms with Crippen LogP contribution >= 0.6 is 0 Å². The van der Waals surface area contributed by atoms with Crippen molar-refractivity contribution >= 4 is 5.91 Å². The minimum Gasteiger partial charge on any atom is -0.355 e. The van der Waals surface area contributed by atoms with Crippen molar-refractivity contribution in [1.29, 1.82) is 0 Å². The molecule has 3 nitrogen and oxygen atoms in total. The quantitative estimate of drug-likeness (QED) is 0.776. The Morgan fingerprint density at radius 1 is 1.16 bits per heavy atom. The molecule has 0 radical (unpaired) electrons. The fourth-order valence-electron chi connectivity index (χ4n) is 4.24. The topological polar surface area (TPSA) is 55.1 Å². The van der Waals surface area contributed by atoms with Gasteiger partial charge in [-0.15, -0.1) is 0 Å². The summed E-state index contributed by atoms with van der Waals surface area (Å²) in [6.07, 6.45) is 7.00. The first-order chi connectivity index (χ1) is 9.06. The lowest BCUT2D eigenvalue weighted by atomic mass is 9.79. The molecule has 4 atom stereocenters. The normalized spacial score (nSPS) is 33.7. The zero-order chi connectivity index (χ0) is 14.0. The lowest BCUT2D eigenvalue weighted by Gasteiger charge is -2.33. The second-order valence-electron chi connectivity index (χ2n) is 6.71. The van der Waals surface area contributed by atoms with Crippen molar-refractivity contribution < 1.29 is 4.79 Å². The molecule has 1 amide bonds. The number of rotatable bonds is 6. The van der Waals surface area contributed by atoms with Crippen LogP contribution in [-0.4, -0.2) is 18.5 Å². The van der Waals surface area contributed by atoms with E-state index < -0.39 is 0 Å². The number of carbonyl (C=O) groups excluding carboxylic acids is 1. The smallest absolute Gasteiger partial charge is 0.224 e. The first kappa shape index (κ1) is 14.8. The third kappa shape index (κ3) is 2.67. The lowest BCUT2D eigenvalue weighted by Crippen LogP contribution is -2.47. The van der Waals surface area contributed by atoms with Gasteiger partial charge >= 0.3 is 0 Å². The Balaban J connectivity index is 1.91. The summed E-state index contributed by atoms with van der Waals surface area (Å²) in [5, 5.41) is 3.21. The number of nitrogens with two attached hydrogens (primary N) is 1. The van der Waals surface area contributed by atoms with Crippen LogP contribution in [-0.2, 0) is 4.79 Å². The Morgan fingerprint density at radius 2 is 1.74 bits per heavy atom. The molecular formula is C16H30N2O. The predicted molar refractivity (Wildman–Crippen MR) is 78.6 cm³/mol. The first-order valence-electron chi connectivity index (χ1n) is 8.10. The molecule has 2 aliphatic carbocycles. The molecule has 4 unspecified atom stereocenters. The summed E-state index contributed by atoms with van der Waals surface area (Å²) in [5.41, 5.74) is 6.52. The van der Waals surface area contributed by atoms with Crippen LogP contribution in [0.2, 0.25) is 0 Å². The minimum atomic E-state index is 0.0852. The van der Waals surface area contributed by atoms with Gasteiger partial charge in [-0.25, -0.2) is 0 Å². The molecule has 0 spiro atoms. The second kappa shape index (κ2) is 5.82. The van der Waals surface area contributed by atoms with Crippen LogP contribution < -0.4 is 11.1 Å². The molecule has 110 valence electrons. The molecule has 19 heavy (non-hydrogen) atoms. The predicted octanol–water partition coefficient (Wildman–Crippen LogP) is 2.69. The highest BCUT2D eigenvalue weighted by Crippen LogP contribution is 2.47.